The number of carbonyl (C=O) groups excluding carboxylic acids is 1. The zero-order valence-corrected chi connectivity index (χ0v) is 16.1. The monoisotopic (exact) mass is 395 g/mol. The molecule has 1 aromatic heterocycles. The third kappa shape index (κ3) is 6.00. The van der Waals surface area contributed by atoms with Gasteiger partial charge in [-0.2, -0.15) is 4.31 Å². The first-order valence-corrected chi connectivity index (χ1v) is 10.4. The van der Waals surface area contributed by atoms with Crippen molar-refractivity contribution in [2.45, 2.75) is 42.7 Å². The Hall–Kier alpha value is -0.670. The van der Waals surface area contributed by atoms with E-state index in [1.807, 2.05) is 6.07 Å². The van der Waals surface area contributed by atoms with Gasteiger partial charge in [0.2, 0.25) is 5.91 Å². The molecule has 1 saturated heterocycles. The maximum absolute atomic E-state index is 12.6. The summed E-state index contributed by atoms with van der Waals surface area (Å²) >= 11 is 1.30. The Morgan fingerprint density at radius 2 is 1.96 bits per heavy atom. The highest BCUT2D eigenvalue weighted by atomic mass is 35.5. The summed E-state index contributed by atoms with van der Waals surface area (Å²) in [6.45, 7) is 2.27. The maximum Gasteiger partial charge on any atom is 0.252 e. The van der Waals surface area contributed by atoms with Crippen molar-refractivity contribution >= 4 is 39.7 Å². The fourth-order valence-corrected chi connectivity index (χ4v) is 5.57. The molecule has 0 saturated carbocycles. The molecule has 0 unspecified atom stereocenters. The van der Waals surface area contributed by atoms with Crippen molar-refractivity contribution < 1.29 is 13.2 Å². The number of rotatable bonds is 8. The number of amides is 1. The minimum Gasteiger partial charge on any atom is -0.356 e. The standard InChI is InChI=1S/C15H25N3O3S2.ClH/c16-9-4-5-14(19)17-10-8-13-6-7-15(22-13)23(20,21)18-11-2-1-3-12-18;/h6-7H,1-5,8-12,16H2,(H,17,19);1H. The van der Waals surface area contributed by atoms with Crippen molar-refractivity contribution in [3.63, 3.8) is 0 Å². The molecule has 0 aliphatic carbocycles. The van der Waals surface area contributed by atoms with Crippen LogP contribution in [0.4, 0.5) is 0 Å². The molecule has 1 amide bonds. The van der Waals surface area contributed by atoms with Crippen LogP contribution in [0.15, 0.2) is 16.3 Å². The van der Waals surface area contributed by atoms with Crippen molar-refractivity contribution in [3.05, 3.63) is 17.0 Å². The number of nitrogens with two attached hydrogens (primary N) is 1. The molecule has 1 fully saturated rings. The van der Waals surface area contributed by atoms with Crippen LogP contribution in [0.5, 0.6) is 0 Å². The zero-order valence-electron chi connectivity index (χ0n) is 13.7. The summed E-state index contributed by atoms with van der Waals surface area (Å²) in [5.41, 5.74) is 5.36. The Labute approximate surface area is 154 Å². The topological polar surface area (TPSA) is 92.5 Å². The van der Waals surface area contributed by atoms with Gasteiger partial charge in [-0.3, -0.25) is 4.79 Å². The van der Waals surface area contributed by atoms with Gasteiger partial charge in [-0.1, -0.05) is 6.42 Å². The highest BCUT2D eigenvalue weighted by Gasteiger charge is 2.27. The van der Waals surface area contributed by atoms with E-state index in [1.54, 1.807) is 10.4 Å². The molecular formula is C15H26ClN3O3S2. The fourth-order valence-electron chi connectivity index (χ4n) is 2.54. The number of nitrogens with zero attached hydrogens (tertiary/aromatic N) is 1. The molecule has 9 heteroatoms. The number of halogens is 1. The van der Waals surface area contributed by atoms with E-state index in [0.717, 1.165) is 24.1 Å². The van der Waals surface area contributed by atoms with E-state index >= 15 is 0 Å². The van der Waals surface area contributed by atoms with Crippen LogP contribution in [0.25, 0.3) is 0 Å². The first-order valence-electron chi connectivity index (χ1n) is 8.09. The molecule has 0 radical (unpaired) electrons. The Morgan fingerprint density at radius 3 is 2.62 bits per heavy atom. The van der Waals surface area contributed by atoms with E-state index in [0.29, 0.717) is 49.7 Å². The lowest BCUT2D eigenvalue weighted by atomic mass is 10.2. The molecule has 1 aliphatic rings. The second-order valence-corrected chi connectivity index (χ2v) is 9.01. The van der Waals surface area contributed by atoms with Gasteiger partial charge in [-0.25, -0.2) is 8.42 Å². The van der Waals surface area contributed by atoms with Gasteiger partial charge in [0.15, 0.2) is 0 Å². The van der Waals surface area contributed by atoms with Crippen LogP contribution in [0.3, 0.4) is 0 Å². The van der Waals surface area contributed by atoms with Crippen LogP contribution in [-0.4, -0.2) is 44.8 Å². The predicted molar refractivity (Wildman–Crippen MR) is 99.2 cm³/mol. The molecule has 1 aliphatic heterocycles. The lowest BCUT2D eigenvalue weighted by Crippen LogP contribution is -2.35. The second-order valence-electron chi connectivity index (χ2n) is 5.68. The van der Waals surface area contributed by atoms with Crippen LogP contribution in [0.1, 0.15) is 37.0 Å². The van der Waals surface area contributed by atoms with Gasteiger partial charge in [0, 0.05) is 30.9 Å². The van der Waals surface area contributed by atoms with Crippen molar-refractivity contribution in [1.29, 1.82) is 0 Å². The Balaban J connectivity index is 0.00000288. The molecule has 3 N–H and O–H groups in total. The Bertz CT molecular complexity index is 613. The number of hydrogen-bond donors (Lipinski definition) is 2. The van der Waals surface area contributed by atoms with E-state index in [2.05, 4.69) is 5.32 Å². The quantitative estimate of drug-likeness (QED) is 0.701. The van der Waals surface area contributed by atoms with E-state index < -0.39 is 10.0 Å². The second kappa shape index (κ2) is 10.4. The SMILES string of the molecule is Cl.NCCCC(=O)NCCc1ccc(S(=O)(=O)N2CCCCC2)s1. The van der Waals surface area contributed by atoms with Gasteiger partial charge < -0.3 is 11.1 Å². The van der Waals surface area contributed by atoms with Gasteiger partial charge >= 0.3 is 0 Å². The van der Waals surface area contributed by atoms with E-state index in [9.17, 15) is 13.2 Å². The van der Waals surface area contributed by atoms with Crippen LogP contribution in [0.2, 0.25) is 0 Å². The van der Waals surface area contributed by atoms with Gasteiger partial charge in [0.05, 0.1) is 0 Å². The fraction of sp³-hybridized carbons (Fsp3) is 0.667. The molecule has 2 rings (SSSR count). The van der Waals surface area contributed by atoms with Crippen molar-refractivity contribution in [2.24, 2.45) is 5.73 Å². The zero-order chi connectivity index (χ0) is 16.7. The molecule has 0 spiro atoms. The Morgan fingerprint density at radius 1 is 1.25 bits per heavy atom. The number of thiophene rings is 1. The van der Waals surface area contributed by atoms with Gasteiger partial charge in [-0.15, -0.1) is 23.7 Å². The van der Waals surface area contributed by atoms with Gasteiger partial charge in [0.25, 0.3) is 10.0 Å². The summed E-state index contributed by atoms with van der Waals surface area (Å²) in [5.74, 6) is -0.00633. The molecule has 1 aromatic rings. The number of carbonyl (C=O) groups is 1. The summed E-state index contributed by atoms with van der Waals surface area (Å²) < 4.78 is 27.1. The number of piperidine rings is 1. The molecule has 24 heavy (non-hydrogen) atoms. The normalized spacial score (nSPS) is 15.7. The highest BCUT2D eigenvalue weighted by molar-refractivity contribution is 7.91. The first-order chi connectivity index (χ1) is 11.0. The van der Waals surface area contributed by atoms with Crippen LogP contribution in [-0.2, 0) is 21.2 Å². The number of hydrogen-bond acceptors (Lipinski definition) is 5. The highest BCUT2D eigenvalue weighted by Crippen LogP contribution is 2.27. The Kier molecular flexibility index (Phi) is 9.22. The summed E-state index contributed by atoms with van der Waals surface area (Å²) in [5, 5.41) is 2.83. The lowest BCUT2D eigenvalue weighted by molar-refractivity contribution is -0.121. The molecule has 0 atom stereocenters. The average molecular weight is 396 g/mol. The van der Waals surface area contributed by atoms with Gasteiger partial charge in [0.1, 0.15) is 4.21 Å². The largest absolute Gasteiger partial charge is 0.356 e. The van der Waals surface area contributed by atoms with Crippen LogP contribution in [0, 0.1) is 0 Å². The minimum absolute atomic E-state index is 0. The summed E-state index contributed by atoms with van der Waals surface area (Å²) in [7, 11) is -3.34. The molecule has 0 bridgehead atoms. The van der Waals surface area contributed by atoms with E-state index in [-0.39, 0.29) is 18.3 Å². The summed E-state index contributed by atoms with van der Waals surface area (Å²) in [6, 6.07) is 3.52. The minimum atomic E-state index is -3.34. The first kappa shape index (κ1) is 21.4. The summed E-state index contributed by atoms with van der Waals surface area (Å²) in [4.78, 5) is 12.5. The lowest BCUT2D eigenvalue weighted by Gasteiger charge is -2.25. The molecule has 138 valence electrons. The van der Waals surface area contributed by atoms with E-state index in [1.165, 1.54) is 11.3 Å². The van der Waals surface area contributed by atoms with Crippen LogP contribution < -0.4 is 11.1 Å². The van der Waals surface area contributed by atoms with E-state index in [4.69, 9.17) is 5.73 Å². The number of sulfonamides is 1. The predicted octanol–water partition coefficient (Wildman–Crippen LogP) is 1.74. The van der Waals surface area contributed by atoms with Crippen molar-refractivity contribution in [3.8, 4) is 0 Å². The smallest absolute Gasteiger partial charge is 0.252 e. The molecular weight excluding hydrogens is 370 g/mol. The van der Waals surface area contributed by atoms with Gasteiger partial charge in [-0.05, 0) is 44.4 Å². The van der Waals surface area contributed by atoms with Crippen molar-refractivity contribution in [2.75, 3.05) is 26.2 Å². The van der Waals surface area contributed by atoms with Crippen molar-refractivity contribution in [1.82, 2.24) is 9.62 Å². The average Bonchev–Trinajstić information content (AvgIpc) is 3.03. The number of nitrogens with one attached hydrogen (secondary N) is 1. The third-order valence-electron chi connectivity index (χ3n) is 3.85. The maximum atomic E-state index is 12.6. The summed E-state index contributed by atoms with van der Waals surface area (Å²) in [6.07, 6.45) is 4.75. The molecule has 6 nitrogen and oxygen atoms in total. The van der Waals surface area contributed by atoms with Crippen LogP contribution >= 0.6 is 23.7 Å². The third-order valence-corrected chi connectivity index (χ3v) is 7.36. The molecule has 2 heterocycles. The molecule has 0 aromatic carbocycles.